The zero-order chi connectivity index (χ0) is 13.5. The van der Waals surface area contributed by atoms with Crippen LogP contribution in [0.3, 0.4) is 0 Å². The Balaban J connectivity index is 1.89. The van der Waals surface area contributed by atoms with Crippen LogP contribution in [0.5, 0.6) is 0 Å². The van der Waals surface area contributed by atoms with Crippen molar-refractivity contribution in [2.75, 3.05) is 30.8 Å². The third-order valence-corrected chi connectivity index (χ3v) is 3.01. The number of nitrogens with zero attached hydrogens (tertiary/aromatic N) is 2. The first kappa shape index (κ1) is 14.0. The molecule has 0 aromatic carbocycles. The molecule has 1 aromatic heterocycles. The molecule has 6 nitrogen and oxygen atoms in total. The molecule has 1 fully saturated rings. The molecular formula is C13H22N4O2. The number of nitrogen functional groups attached to an aromatic ring is 1. The van der Waals surface area contributed by atoms with E-state index in [0.717, 1.165) is 31.8 Å². The van der Waals surface area contributed by atoms with Crippen LogP contribution in [0.25, 0.3) is 0 Å². The molecule has 2 heterocycles. The summed E-state index contributed by atoms with van der Waals surface area (Å²) in [6, 6.07) is 1.73. The molecule has 0 aliphatic carbocycles. The minimum Gasteiger partial charge on any atom is -0.384 e. The molecule has 1 saturated heterocycles. The van der Waals surface area contributed by atoms with E-state index < -0.39 is 0 Å². The van der Waals surface area contributed by atoms with Crippen LogP contribution < -0.4 is 11.1 Å². The number of ether oxygens (including phenoxy) is 2. The molecule has 1 aromatic rings. The summed E-state index contributed by atoms with van der Waals surface area (Å²) in [5.74, 6) is 1.79. The Morgan fingerprint density at radius 1 is 1.47 bits per heavy atom. The van der Waals surface area contributed by atoms with E-state index in [1.807, 2.05) is 6.92 Å². The van der Waals surface area contributed by atoms with Gasteiger partial charge in [0.15, 0.2) is 5.82 Å². The van der Waals surface area contributed by atoms with Gasteiger partial charge in [-0.3, -0.25) is 0 Å². The fourth-order valence-corrected chi connectivity index (χ4v) is 2.05. The first-order chi connectivity index (χ1) is 9.28. The van der Waals surface area contributed by atoms with Crippen molar-refractivity contribution in [1.82, 2.24) is 9.97 Å². The summed E-state index contributed by atoms with van der Waals surface area (Å²) in [4.78, 5) is 8.51. The fraction of sp³-hybridized carbons (Fsp3) is 0.692. The normalized spacial score (nSPS) is 19.3. The van der Waals surface area contributed by atoms with E-state index in [1.54, 1.807) is 6.07 Å². The van der Waals surface area contributed by atoms with Crippen LogP contribution >= 0.6 is 0 Å². The molecule has 1 aliphatic heterocycles. The second-order valence-electron chi connectivity index (χ2n) is 4.60. The van der Waals surface area contributed by atoms with E-state index in [-0.39, 0.29) is 6.10 Å². The lowest BCUT2D eigenvalue weighted by Gasteiger charge is -2.23. The lowest BCUT2D eigenvalue weighted by Crippen LogP contribution is -2.27. The number of hydrogen-bond donors (Lipinski definition) is 2. The van der Waals surface area contributed by atoms with Gasteiger partial charge < -0.3 is 20.5 Å². The third kappa shape index (κ3) is 4.65. The Morgan fingerprint density at radius 3 is 3.11 bits per heavy atom. The predicted molar refractivity (Wildman–Crippen MR) is 73.9 cm³/mol. The zero-order valence-electron chi connectivity index (χ0n) is 11.4. The Bertz CT molecular complexity index is 394. The highest BCUT2D eigenvalue weighted by molar-refractivity contribution is 5.44. The van der Waals surface area contributed by atoms with Gasteiger partial charge in [-0.2, -0.15) is 0 Å². The van der Waals surface area contributed by atoms with Gasteiger partial charge in [-0.05, 0) is 26.2 Å². The highest BCUT2D eigenvalue weighted by Crippen LogP contribution is 2.14. The maximum absolute atomic E-state index is 5.76. The summed E-state index contributed by atoms with van der Waals surface area (Å²) in [7, 11) is 0. The summed E-state index contributed by atoms with van der Waals surface area (Å²) in [6.45, 7) is 4.57. The zero-order valence-corrected chi connectivity index (χ0v) is 11.4. The van der Waals surface area contributed by atoms with Crippen LogP contribution in [0.4, 0.5) is 11.6 Å². The smallest absolute Gasteiger partial charge is 0.158 e. The highest BCUT2D eigenvalue weighted by atomic mass is 16.5. The topological polar surface area (TPSA) is 82.3 Å². The molecule has 1 unspecified atom stereocenters. The van der Waals surface area contributed by atoms with E-state index in [4.69, 9.17) is 15.2 Å². The minimum absolute atomic E-state index is 0.264. The molecule has 1 atom stereocenters. The van der Waals surface area contributed by atoms with Crippen molar-refractivity contribution in [3.63, 3.8) is 0 Å². The van der Waals surface area contributed by atoms with Crippen LogP contribution in [0, 0.1) is 0 Å². The van der Waals surface area contributed by atoms with E-state index in [2.05, 4.69) is 15.3 Å². The lowest BCUT2D eigenvalue weighted by molar-refractivity contribution is 0.0247. The fourth-order valence-electron chi connectivity index (χ4n) is 2.05. The van der Waals surface area contributed by atoms with Gasteiger partial charge in [0.25, 0.3) is 0 Å². The quantitative estimate of drug-likeness (QED) is 0.813. The molecule has 0 radical (unpaired) electrons. The third-order valence-electron chi connectivity index (χ3n) is 3.01. The number of nitrogens with one attached hydrogen (secondary N) is 1. The van der Waals surface area contributed by atoms with Gasteiger partial charge in [-0.25, -0.2) is 9.97 Å². The van der Waals surface area contributed by atoms with Gasteiger partial charge in [0.2, 0.25) is 0 Å². The van der Waals surface area contributed by atoms with Crippen LogP contribution in [-0.4, -0.2) is 35.8 Å². The van der Waals surface area contributed by atoms with Gasteiger partial charge in [0.1, 0.15) is 18.2 Å². The average molecular weight is 266 g/mol. The van der Waals surface area contributed by atoms with Crippen molar-refractivity contribution in [3.8, 4) is 0 Å². The molecule has 19 heavy (non-hydrogen) atoms. The Labute approximate surface area is 113 Å². The molecule has 3 N–H and O–H groups in total. The van der Waals surface area contributed by atoms with Crippen LogP contribution in [0.15, 0.2) is 6.07 Å². The Hall–Kier alpha value is -1.40. The van der Waals surface area contributed by atoms with Crippen molar-refractivity contribution in [2.24, 2.45) is 0 Å². The SMILES string of the molecule is CCOCc1nc(N)cc(NCC2CCCCO2)n1. The van der Waals surface area contributed by atoms with Crippen LogP contribution in [-0.2, 0) is 16.1 Å². The molecule has 0 spiro atoms. The van der Waals surface area contributed by atoms with E-state index in [9.17, 15) is 0 Å². The first-order valence-electron chi connectivity index (χ1n) is 6.84. The minimum atomic E-state index is 0.264. The van der Waals surface area contributed by atoms with E-state index >= 15 is 0 Å². The average Bonchev–Trinajstić information content (AvgIpc) is 2.43. The van der Waals surface area contributed by atoms with Crippen molar-refractivity contribution in [1.29, 1.82) is 0 Å². The second kappa shape index (κ2) is 7.25. The maximum atomic E-state index is 5.76. The van der Waals surface area contributed by atoms with Crippen LogP contribution in [0.2, 0.25) is 0 Å². The summed E-state index contributed by atoms with van der Waals surface area (Å²) < 4.78 is 11.0. The second-order valence-corrected chi connectivity index (χ2v) is 4.60. The van der Waals surface area contributed by atoms with Gasteiger partial charge in [-0.15, -0.1) is 0 Å². The number of aromatic nitrogens is 2. The molecule has 0 saturated carbocycles. The summed E-state index contributed by atoms with van der Waals surface area (Å²) in [5, 5.41) is 3.26. The van der Waals surface area contributed by atoms with E-state index in [0.29, 0.717) is 24.9 Å². The molecule has 0 bridgehead atoms. The first-order valence-corrected chi connectivity index (χ1v) is 6.84. The molecular weight excluding hydrogens is 244 g/mol. The van der Waals surface area contributed by atoms with E-state index in [1.165, 1.54) is 6.42 Å². The van der Waals surface area contributed by atoms with Crippen LogP contribution in [0.1, 0.15) is 32.0 Å². The van der Waals surface area contributed by atoms with Gasteiger partial charge in [-0.1, -0.05) is 0 Å². The van der Waals surface area contributed by atoms with Crippen molar-refractivity contribution < 1.29 is 9.47 Å². The summed E-state index contributed by atoms with van der Waals surface area (Å²) in [6.07, 6.45) is 3.75. The highest BCUT2D eigenvalue weighted by Gasteiger charge is 2.13. The van der Waals surface area contributed by atoms with Gasteiger partial charge in [0, 0.05) is 25.8 Å². The standard InChI is InChI=1S/C13H22N4O2/c1-2-18-9-13-16-11(14)7-12(17-13)15-8-10-5-3-4-6-19-10/h7,10H,2-6,8-9H2,1H3,(H3,14,15,16,17). The summed E-state index contributed by atoms with van der Waals surface area (Å²) >= 11 is 0. The predicted octanol–water partition coefficient (Wildman–Crippen LogP) is 1.58. The number of nitrogens with two attached hydrogens (primary N) is 1. The van der Waals surface area contributed by atoms with Gasteiger partial charge >= 0.3 is 0 Å². The van der Waals surface area contributed by atoms with Crippen molar-refractivity contribution >= 4 is 11.6 Å². The van der Waals surface area contributed by atoms with Crippen molar-refractivity contribution in [2.45, 2.75) is 38.9 Å². The summed E-state index contributed by atoms with van der Waals surface area (Å²) in [5.41, 5.74) is 5.76. The molecule has 6 heteroatoms. The maximum Gasteiger partial charge on any atom is 0.158 e. The number of anilines is 2. The monoisotopic (exact) mass is 266 g/mol. The molecule has 106 valence electrons. The number of rotatable bonds is 6. The lowest BCUT2D eigenvalue weighted by atomic mass is 10.1. The molecule has 2 rings (SSSR count). The largest absolute Gasteiger partial charge is 0.384 e. The van der Waals surface area contributed by atoms with Crippen molar-refractivity contribution in [3.05, 3.63) is 11.9 Å². The Kier molecular flexibility index (Phi) is 5.35. The Morgan fingerprint density at radius 2 is 2.37 bits per heavy atom. The molecule has 0 amide bonds. The van der Waals surface area contributed by atoms with Gasteiger partial charge in [0.05, 0.1) is 6.10 Å². The molecule has 1 aliphatic rings. The number of hydrogen-bond acceptors (Lipinski definition) is 6.